The van der Waals surface area contributed by atoms with E-state index in [4.69, 9.17) is 18.6 Å². The second kappa shape index (κ2) is 11.3. The fourth-order valence-corrected chi connectivity index (χ4v) is 6.37. The van der Waals surface area contributed by atoms with Gasteiger partial charge in [-0.05, 0) is 62.7 Å². The number of benzene rings is 2. The number of fused-ring (bicyclic) bond motifs is 1. The lowest BCUT2D eigenvalue weighted by atomic mass is 9.95. The first-order valence-corrected chi connectivity index (χ1v) is 14.1. The zero-order chi connectivity index (χ0) is 28.6. The van der Waals surface area contributed by atoms with Gasteiger partial charge in [-0.2, -0.15) is 0 Å². The molecule has 40 heavy (non-hydrogen) atoms. The molecule has 8 nitrogen and oxygen atoms in total. The summed E-state index contributed by atoms with van der Waals surface area (Å²) in [7, 11) is 3.09. The Kier molecular flexibility index (Phi) is 7.82. The number of thiazole rings is 1. The van der Waals surface area contributed by atoms with Gasteiger partial charge in [0.05, 0.1) is 36.6 Å². The lowest BCUT2D eigenvalue weighted by Gasteiger charge is -2.26. The van der Waals surface area contributed by atoms with Crippen LogP contribution in [0.2, 0.25) is 0 Å². The van der Waals surface area contributed by atoms with Gasteiger partial charge >= 0.3 is 5.97 Å². The molecule has 0 saturated heterocycles. The number of furan rings is 1. The maximum Gasteiger partial charge on any atom is 0.338 e. The van der Waals surface area contributed by atoms with Crippen LogP contribution in [0.5, 0.6) is 11.5 Å². The summed E-state index contributed by atoms with van der Waals surface area (Å²) >= 11 is 4.82. The molecule has 4 aromatic rings. The SMILES string of the molecule is CCOC(=O)C1=C(C)N=c2sc(=Cc3ccc(-c4ccc(C)cc4Br)o3)c(=O)n2C1c1ccc(OC)cc1OC. The predicted octanol–water partition coefficient (Wildman–Crippen LogP) is 5.15. The van der Waals surface area contributed by atoms with E-state index in [1.165, 1.54) is 23.0 Å². The summed E-state index contributed by atoms with van der Waals surface area (Å²) in [5, 5.41) is 0. The van der Waals surface area contributed by atoms with Crippen LogP contribution in [0.3, 0.4) is 0 Å². The highest BCUT2D eigenvalue weighted by atomic mass is 79.9. The van der Waals surface area contributed by atoms with Gasteiger partial charge in [-0.1, -0.05) is 33.3 Å². The minimum Gasteiger partial charge on any atom is -0.497 e. The molecule has 0 bridgehead atoms. The normalized spacial score (nSPS) is 15.1. The summed E-state index contributed by atoms with van der Waals surface area (Å²) < 4.78 is 25.3. The third kappa shape index (κ3) is 5.04. The van der Waals surface area contributed by atoms with Crippen molar-refractivity contribution in [3.8, 4) is 22.8 Å². The average Bonchev–Trinajstić information content (AvgIpc) is 3.51. The van der Waals surface area contributed by atoms with Crippen LogP contribution in [0.4, 0.5) is 0 Å². The highest BCUT2D eigenvalue weighted by molar-refractivity contribution is 9.10. The highest BCUT2D eigenvalue weighted by Gasteiger charge is 2.35. The molecular weight excluding hydrogens is 596 g/mol. The molecule has 2 aromatic carbocycles. The van der Waals surface area contributed by atoms with Crippen LogP contribution in [0.15, 0.2) is 78.5 Å². The third-order valence-electron chi connectivity index (χ3n) is 6.54. The van der Waals surface area contributed by atoms with Crippen LogP contribution in [0.25, 0.3) is 17.4 Å². The second-order valence-electron chi connectivity index (χ2n) is 9.10. The maximum absolute atomic E-state index is 13.9. The van der Waals surface area contributed by atoms with Crippen LogP contribution < -0.4 is 24.4 Å². The molecule has 206 valence electrons. The number of carbonyl (C=O) groups excluding carboxylic acids is 1. The molecule has 2 aromatic heterocycles. The zero-order valence-corrected chi connectivity index (χ0v) is 25.0. The molecule has 0 amide bonds. The Morgan fingerprint density at radius 2 is 1.93 bits per heavy atom. The van der Waals surface area contributed by atoms with Crippen molar-refractivity contribution in [1.82, 2.24) is 4.57 Å². The molecule has 0 fully saturated rings. The monoisotopic (exact) mass is 622 g/mol. The molecule has 1 atom stereocenters. The van der Waals surface area contributed by atoms with Gasteiger partial charge in [0.2, 0.25) is 0 Å². The van der Waals surface area contributed by atoms with E-state index < -0.39 is 12.0 Å². The van der Waals surface area contributed by atoms with Gasteiger partial charge in [-0.25, -0.2) is 9.79 Å². The summed E-state index contributed by atoms with van der Waals surface area (Å²) in [6.45, 7) is 5.68. The molecule has 0 saturated carbocycles. The zero-order valence-electron chi connectivity index (χ0n) is 22.6. The van der Waals surface area contributed by atoms with Crippen molar-refractivity contribution >= 4 is 39.3 Å². The van der Waals surface area contributed by atoms with Crippen LogP contribution >= 0.6 is 27.3 Å². The largest absolute Gasteiger partial charge is 0.497 e. The van der Waals surface area contributed by atoms with E-state index in [0.29, 0.717) is 43.6 Å². The fraction of sp³-hybridized carbons (Fsp3) is 0.233. The number of nitrogens with zero attached hydrogens (tertiary/aromatic N) is 2. The van der Waals surface area contributed by atoms with Gasteiger partial charge in [0, 0.05) is 27.7 Å². The van der Waals surface area contributed by atoms with E-state index in [1.807, 2.05) is 37.3 Å². The standard InChI is InChI=1S/C30H27BrN2O6S/c1-6-38-29(35)26-17(3)32-30-33(27(26)21-11-8-18(36-4)14-24(21)37-5)28(34)25(40-30)15-19-9-12-23(39-19)20-10-7-16(2)13-22(20)31/h7-15,27H,6H2,1-5H3. The van der Waals surface area contributed by atoms with E-state index in [9.17, 15) is 9.59 Å². The molecule has 10 heteroatoms. The van der Waals surface area contributed by atoms with Crippen LogP contribution in [-0.2, 0) is 9.53 Å². The minimum absolute atomic E-state index is 0.185. The number of rotatable bonds is 7. The van der Waals surface area contributed by atoms with Crippen LogP contribution in [0.1, 0.15) is 36.8 Å². The first kappa shape index (κ1) is 27.7. The Morgan fingerprint density at radius 1 is 1.12 bits per heavy atom. The summed E-state index contributed by atoms with van der Waals surface area (Å²) in [5.41, 5.74) is 3.08. The van der Waals surface area contributed by atoms with Crippen molar-refractivity contribution in [2.45, 2.75) is 26.8 Å². The van der Waals surface area contributed by atoms with Crippen molar-refractivity contribution < 1.29 is 23.4 Å². The number of esters is 1. The van der Waals surface area contributed by atoms with Crippen molar-refractivity contribution in [3.05, 3.63) is 101 Å². The number of aryl methyl sites for hydroxylation is 1. The van der Waals surface area contributed by atoms with Crippen molar-refractivity contribution in [2.24, 2.45) is 4.99 Å². The van der Waals surface area contributed by atoms with Crippen molar-refractivity contribution in [2.75, 3.05) is 20.8 Å². The minimum atomic E-state index is -0.811. The number of carbonyl (C=O) groups is 1. The molecule has 0 spiro atoms. The van der Waals surface area contributed by atoms with Gasteiger partial charge < -0.3 is 18.6 Å². The van der Waals surface area contributed by atoms with E-state index >= 15 is 0 Å². The van der Waals surface area contributed by atoms with E-state index in [2.05, 4.69) is 20.9 Å². The van der Waals surface area contributed by atoms with E-state index in [-0.39, 0.29) is 17.7 Å². The molecule has 1 unspecified atom stereocenters. The summed E-state index contributed by atoms with van der Waals surface area (Å²) in [6.07, 6.45) is 1.70. The fourth-order valence-electron chi connectivity index (χ4n) is 4.65. The Bertz CT molecular complexity index is 1830. The maximum atomic E-state index is 13.9. The average molecular weight is 624 g/mol. The Balaban J connectivity index is 1.67. The molecule has 1 aliphatic heterocycles. The number of halogens is 1. The summed E-state index contributed by atoms with van der Waals surface area (Å²) in [4.78, 5) is 32.2. The van der Waals surface area contributed by atoms with Crippen LogP contribution in [0, 0.1) is 6.92 Å². The number of aromatic nitrogens is 1. The Hall–Kier alpha value is -3.89. The van der Waals surface area contributed by atoms with Gasteiger partial charge in [-0.3, -0.25) is 9.36 Å². The molecule has 0 aliphatic carbocycles. The van der Waals surface area contributed by atoms with E-state index in [0.717, 1.165) is 15.6 Å². The molecule has 1 aliphatic rings. The smallest absolute Gasteiger partial charge is 0.338 e. The van der Waals surface area contributed by atoms with Crippen molar-refractivity contribution in [3.63, 3.8) is 0 Å². The molecule has 5 rings (SSSR count). The molecular formula is C30H27BrN2O6S. The van der Waals surface area contributed by atoms with Crippen molar-refractivity contribution in [1.29, 1.82) is 0 Å². The summed E-state index contributed by atoms with van der Waals surface area (Å²) in [5.74, 6) is 1.70. The van der Waals surface area contributed by atoms with Gasteiger partial charge in [0.15, 0.2) is 4.80 Å². The lowest BCUT2D eigenvalue weighted by Crippen LogP contribution is -2.40. The number of ether oxygens (including phenoxy) is 3. The third-order valence-corrected chi connectivity index (χ3v) is 8.18. The van der Waals surface area contributed by atoms with Crippen LogP contribution in [-0.4, -0.2) is 31.4 Å². The Labute approximate surface area is 243 Å². The quantitative estimate of drug-likeness (QED) is 0.265. The van der Waals surface area contributed by atoms with Gasteiger partial charge in [-0.15, -0.1) is 0 Å². The second-order valence-corrected chi connectivity index (χ2v) is 11.0. The molecule has 0 N–H and O–H groups in total. The number of methoxy groups -OCH3 is 2. The first-order valence-electron chi connectivity index (χ1n) is 12.5. The Morgan fingerprint density at radius 3 is 2.62 bits per heavy atom. The molecule has 3 heterocycles. The van der Waals surface area contributed by atoms with E-state index in [1.54, 1.807) is 45.2 Å². The topological polar surface area (TPSA) is 92.3 Å². The number of allylic oxidation sites excluding steroid dienone is 1. The predicted molar refractivity (Wildman–Crippen MR) is 157 cm³/mol. The highest BCUT2D eigenvalue weighted by Crippen LogP contribution is 2.37. The number of hydrogen-bond donors (Lipinski definition) is 0. The first-order chi connectivity index (χ1) is 19.2. The number of hydrogen-bond acceptors (Lipinski definition) is 8. The van der Waals surface area contributed by atoms with Gasteiger partial charge in [0.1, 0.15) is 29.1 Å². The molecule has 0 radical (unpaired) electrons. The van der Waals surface area contributed by atoms with Gasteiger partial charge in [0.25, 0.3) is 5.56 Å². The summed E-state index contributed by atoms with van der Waals surface area (Å²) in [6, 6.07) is 14.2. The lowest BCUT2D eigenvalue weighted by molar-refractivity contribution is -0.139.